The van der Waals surface area contributed by atoms with Crippen molar-refractivity contribution in [2.75, 3.05) is 19.7 Å². The number of amides is 1. The molecule has 6 heteroatoms. The van der Waals surface area contributed by atoms with Crippen LogP contribution in [0.2, 0.25) is 0 Å². The average molecular weight is 333 g/mol. The van der Waals surface area contributed by atoms with E-state index in [1.807, 2.05) is 25.1 Å². The van der Waals surface area contributed by atoms with E-state index in [4.69, 9.17) is 9.47 Å². The molecule has 2 aliphatic heterocycles. The monoisotopic (exact) mass is 333 g/mol. The molecule has 130 valence electrons. The normalized spacial score (nSPS) is 26.1. The van der Waals surface area contributed by atoms with E-state index in [2.05, 4.69) is 0 Å². The molecule has 2 fully saturated rings. The third-order valence-electron chi connectivity index (χ3n) is 4.98. The predicted octanol–water partition coefficient (Wildman–Crippen LogP) is 2.08. The first kappa shape index (κ1) is 16.8. The lowest BCUT2D eigenvalue weighted by Gasteiger charge is -2.41. The molecule has 24 heavy (non-hydrogen) atoms. The van der Waals surface area contributed by atoms with Gasteiger partial charge in [-0.1, -0.05) is 18.2 Å². The first-order valence-corrected chi connectivity index (χ1v) is 8.36. The van der Waals surface area contributed by atoms with Gasteiger partial charge in [0.2, 0.25) is 5.60 Å². The van der Waals surface area contributed by atoms with Crippen molar-refractivity contribution in [3.05, 3.63) is 30.3 Å². The van der Waals surface area contributed by atoms with E-state index in [1.165, 1.54) is 0 Å². The summed E-state index contributed by atoms with van der Waals surface area (Å²) in [6.45, 7) is 3.14. The summed E-state index contributed by atoms with van der Waals surface area (Å²) >= 11 is 0. The van der Waals surface area contributed by atoms with Gasteiger partial charge in [-0.3, -0.25) is 4.79 Å². The largest absolute Gasteiger partial charge is 0.478 e. The summed E-state index contributed by atoms with van der Waals surface area (Å²) < 4.78 is 11.4. The van der Waals surface area contributed by atoms with E-state index < -0.39 is 17.2 Å². The molecule has 2 heterocycles. The van der Waals surface area contributed by atoms with Gasteiger partial charge in [0, 0.05) is 32.5 Å². The molecule has 0 spiro atoms. The summed E-state index contributed by atoms with van der Waals surface area (Å²) in [5.41, 5.74) is -2.04. The topological polar surface area (TPSA) is 76.1 Å². The van der Waals surface area contributed by atoms with E-state index in [0.29, 0.717) is 31.9 Å². The first-order chi connectivity index (χ1) is 11.5. The van der Waals surface area contributed by atoms with Crippen LogP contribution in [0.3, 0.4) is 0 Å². The van der Waals surface area contributed by atoms with E-state index >= 15 is 0 Å². The summed E-state index contributed by atoms with van der Waals surface area (Å²) in [6, 6.07) is 8.96. The Morgan fingerprint density at radius 3 is 2.38 bits per heavy atom. The number of carbonyl (C=O) groups excluding carboxylic acids is 1. The van der Waals surface area contributed by atoms with Gasteiger partial charge in [0.1, 0.15) is 11.4 Å². The number of likely N-dealkylation sites (tertiary alicyclic amines) is 1. The van der Waals surface area contributed by atoms with Gasteiger partial charge in [-0.2, -0.15) is 0 Å². The maximum Gasteiger partial charge on any atom is 0.348 e. The van der Waals surface area contributed by atoms with Crippen LogP contribution in [0.4, 0.5) is 0 Å². The van der Waals surface area contributed by atoms with Gasteiger partial charge in [-0.05, 0) is 31.9 Å². The number of nitrogens with zero attached hydrogens (tertiary/aromatic N) is 1. The van der Waals surface area contributed by atoms with Crippen LogP contribution < -0.4 is 4.74 Å². The van der Waals surface area contributed by atoms with Gasteiger partial charge in [-0.15, -0.1) is 0 Å². The zero-order chi connectivity index (χ0) is 17.2. The minimum Gasteiger partial charge on any atom is -0.478 e. The number of aliphatic carboxylic acids is 1. The molecule has 1 aromatic carbocycles. The lowest BCUT2D eigenvalue weighted by molar-refractivity contribution is -0.166. The molecule has 1 aromatic rings. The Hall–Kier alpha value is -2.08. The Balaban J connectivity index is 1.69. The highest BCUT2D eigenvalue weighted by Crippen LogP contribution is 2.33. The standard InChI is InChI=1S/C18H23NO5/c1-17(8-5-13-23-17)15(20)19-11-9-18(10-12-19,16(21)22)24-14-6-3-2-4-7-14/h2-4,6-7H,5,8-13H2,1H3,(H,21,22). The van der Waals surface area contributed by atoms with Crippen molar-refractivity contribution in [2.24, 2.45) is 0 Å². The fourth-order valence-corrected chi connectivity index (χ4v) is 3.43. The zero-order valence-corrected chi connectivity index (χ0v) is 13.9. The van der Waals surface area contributed by atoms with Crippen LogP contribution in [0.25, 0.3) is 0 Å². The maximum absolute atomic E-state index is 12.7. The average Bonchev–Trinajstić information content (AvgIpc) is 3.03. The van der Waals surface area contributed by atoms with E-state index in [0.717, 1.165) is 6.42 Å². The second-order valence-electron chi connectivity index (χ2n) is 6.69. The van der Waals surface area contributed by atoms with Crippen molar-refractivity contribution in [1.82, 2.24) is 4.90 Å². The van der Waals surface area contributed by atoms with Gasteiger partial charge in [0.15, 0.2) is 0 Å². The summed E-state index contributed by atoms with van der Waals surface area (Å²) in [4.78, 5) is 26.2. The van der Waals surface area contributed by atoms with Gasteiger partial charge in [-0.25, -0.2) is 4.79 Å². The SMILES string of the molecule is CC1(C(=O)N2CCC(Oc3ccccc3)(C(=O)O)CC2)CCCO1. The van der Waals surface area contributed by atoms with Crippen molar-refractivity contribution in [3.8, 4) is 5.75 Å². The number of piperidine rings is 1. The molecule has 0 radical (unpaired) electrons. The molecular weight excluding hydrogens is 310 g/mol. The van der Waals surface area contributed by atoms with Gasteiger partial charge < -0.3 is 19.5 Å². The zero-order valence-electron chi connectivity index (χ0n) is 13.9. The highest BCUT2D eigenvalue weighted by Gasteiger charge is 2.48. The van der Waals surface area contributed by atoms with Crippen LogP contribution in [0.1, 0.15) is 32.6 Å². The number of ether oxygens (including phenoxy) is 2. The van der Waals surface area contributed by atoms with Gasteiger partial charge in [0.05, 0.1) is 0 Å². The van der Waals surface area contributed by atoms with Crippen molar-refractivity contribution in [3.63, 3.8) is 0 Å². The lowest BCUT2D eigenvalue weighted by atomic mass is 9.89. The van der Waals surface area contributed by atoms with Crippen molar-refractivity contribution >= 4 is 11.9 Å². The third kappa shape index (κ3) is 3.11. The molecule has 1 atom stereocenters. The molecular formula is C18H23NO5. The number of para-hydroxylation sites is 1. The fourth-order valence-electron chi connectivity index (χ4n) is 3.43. The summed E-state index contributed by atoms with van der Waals surface area (Å²) in [6.07, 6.45) is 2.12. The summed E-state index contributed by atoms with van der Waals surface area (Å²) in [5.74, 6) is -0.494. The van der Waals surface area contributed by atoms with E-state index in [1.54, 1.807) is 17.0 Å². The van der Waals surface area contributed by atoms with Crippen LogP contribution in [-0.4, -0.2) is 52.8 Å². The Bertz CT molecular complexity index is 601. The van der Waals surface area contributed by atoms with E-state index in [-0.39, 0.29) is 18.7 Å². The Morgan fingerprint density at radius 1 is 1.17 bits per heavy atom. The number of carbonyl (C=O) groups is 2. The molecule has 0 saturated carbocycles. The number of carboxylic acid groups (broad SMARTS) is 1. The Morgan fingerprint density at radius 2 is 1.83 bits per heavy atom. The molecule has 1 N–H and O–H groups in total. The maximum atomic E-state index is 12.7. The smallest absolute Gasteiger partial charge is 0.348 e. The number of hydrogen-bond acceptors (Lipinski definition) is 4. The molecule has 6 nitrogen and oxygen atoms in total. The molecule has 1 amide bonds. The molecule has 0 aromatic heterocycles. The molecule has 3 rings (SSSR count). The number of hydrogen-bond donors (Lipinski definition) is 1. The second kappa shape index (κ2) is 6.43. The van der Waals surface area contributed by atoms with Crippen molar-refractivity contribution in [1.29, 1.82) is 0 Å². The third-order valence-corrected chi connectivity index (χ3v) is 4.98. The molecule has 1 unspecified atom stereocenters. The molecule has 0 aliphatic carbocycles. The fraction of sp³-hybridized carbons (Fsp3) is 0.556. The van der Waals surface area contributed by atoms with Crippen LogP contribution >= 0.6 is 0 Å². The number of benzene rings is 1. The highest BCUT2D eigenvalue weighted by molar-refractivity contribution is 5.86. The minimum atomic E-state index is -1.28. The minimum absolute atomic E-state index is 0.0429. The van der Waals surface area contributed by atoms with Gasteiger partial charge >= 0.3 is 5.97 Å². The second-order valence-corrected chi connectivity index (χ2v) is 6.69. The van der Waals surface area contributed by atoms with Gasteiger partial charge in [0.25, 0.3) is 5.91 Å². The number of carboxylic acids is 1. The summed E-state index contributed by atoms with van der Waals surface area (Å²) in [5, 5.41) is 9.68. The summed E-state index contributed by atoms with van der Waals surface area (Å²) in [7, 11) is 0. The van der Waals surface area contributed by atoms with E-state index in [9.17, 15) is 14.7 Å². The molecule has 2 saturated heterocycles. The van der Waals surface area contributed by atoms with Crippen LogP contribution in [0.15, 0.2) is 30.3 Å². The van der Waals surface area contributed by atoms with Crippen molar-refractivity contribution < 1.29 is 24.2 Å². The van der Waals surface area contributed by atoms with Crippen LogP contribution in [0.5, 0.6) is 5.75 Å². The molecule has 0 bridgehead atoms. The van der Waals surface area contributed by atoms with Crippen LogP contribution in [-0.2, 0) is 14.3 Å². The molecule has 2 aliphatic rings. The quantitative estimate of drug-likeness (QED) is 0.913. The van der Waals surface area contributed by atoms with Crippen LogP contribution in [0, 0.1) is 0 Å². The first-order valence-electron chi connectivity index (χ1n) is 8.36. The van der Waals surface area contributed by atoms with Crippen molar-refractivity contribution in [2.45, 2.75) is 43.8 Å². The Labute approximate surface area is 141 Å². The Kier molecular flexibility index (Phi) is 4.49. The highest BCUT2D eigenvalue weighted by atomic mass is 16.5. The predicted molar refractivity (Wildman–Crippen MR) is 86.8 cm³/mol. The number of rotatable bonds is 4. The lowest BCUT2D eigenvalue weighted by Crippen LogP contribution is -2.57.